The number of imidazole rings is 2. The van der Waals surface area contributed by atoms with Gasteiger partial charge in [0.2, 0.25) is 5.95 Å². The first-order valence-corrected chi connectivity index (χ1v) is 12.6. The molecule has 6 rings (SSSR count). The summed E-state index contributed by atoms with van der Waals surface area (Å²) in [6.45, 7) is 0. The summed E-state index contributed by atoms with van der Waals surface area (Å²) >= 11 is 0. The van der Waals surface area contributed by atoms with Gasteiger partial charge in [-0.1, -0.05) is 0 Å². The summed E-state index contributed by atoms with van der Waals surface area (Å²) in [6, 6.07) is 17.1. The van der Waals surface area contributed by atoms with E-state index in [-0.39, 0.29) is 17.5 Å². The van der Waals surface area contributed by atoms with Gasteiger partial charge in [-0.15, -0.1) is 0 Å². The Kier molecular flexibility index (Phi) is 6.85. The zero-order valence-corrected chi connectivity index (χ0v) is 21.7. The van der Waals surface area contributed by atoms with E-state index in [1.54, 1.807) is 54.9 Å². The van der Waals surface area contributed by atoms with E-state index in [2.05, 4.69) is 35.9 Å². The minimum atomic E-state index is -4.69. The van der Waals surface area contributed by atoms with Crippen molar-refractivity contribution < 1.29 is 31.9 Å². The molecule has 0 aliphatic carbocycles. The van der Waals surface area contributed by atoms with Crippen LogP contribution in [-0.2, 0) is 6.18 Å². The summed E-state index contributed by atoms with van der Waals surface area (Å²) in [5, 5.41) is 7.22. The van der Waals surface area contributed by atoms with E-state index in [4.69, 9.17) is 4.74 Å². The number of halogens is 4. The van der Waals surface area contributed by atoms with Gasteiger partial charge in [-0.3, -0.25) is 10.1 Å². The number of amides is 3. The van der Waals surface area contributed by atoms with Crippen LogP contribution in [0.4, 0.5) is 39.7 Å². The number of nitrogens with zero attached hydrogens (tertiary/aromatic N) is 2. The van der Waals surface area contributed by atoms with E-state index in [0.717, 1.165) is 5.52 Å². The standard InChI is InChI=1S/C29H19F4N7O3/c30-20-8-2-16(29(31,32)33)12-23(20)39-28(42)36-17-3-5-18(6-4-17)43-19-7-10-22-25(13-19)38-27(37-22)40-26(41)15-1-9-21-24(11-15)35-14-34-21/h1-14H,(H,34,35)(H2,36,39,42)(H2,37,38,40,41). The second kappa shape index (κ2) is 10.8. The smallest absolute Gasteiger partial charge is 0.416 e. The molecule has 3 amide bonds. The lowest BCUT2D eigenvalue weighted by Crippen LogP contribution is -2.20. The fourth-order valence-corrected chi connectivity index (χ4v) is 4.19. The summed E-state index contributed by atoms with van der Waals surface area (Å²) in [7, 11) is 0. The van der Waals surface area contributed by atoms with Gasteiger partial charge in [0.1, 0.15) is 17.3 Å². The summed E-state index contributed by atoms with van der Waals surface area (Å²) < 4.78 is 58.5. The molecule has 4 aromatic carbocycles. The van der Waals surface area contributed by atoms with Gasteiger partial charge in [-0.25, -0.2) is 19.2 Å². The van der Waals surface area contributed by atoms with Crippen molar-refractivity contribution in [3.8, 4) is 11.5 Å². The first-order valence-electron chi connectivity index (χ1n) is 12.6. The van der Waals surface area contributed by atoms with Gasteiger partial charge < -0.3 is 25.3 Å². The van der Waals surface area contributed by atoms with Gasteiger partial charge >= 0.3 is 12.2 Å². The van der Waals surface area contributed by atoms with Gasteiger partial charge in [0, 0.05) is 17.3 Å². The number of urea groups is 1. The van der Waals surface area contributed by atoms with Crippen LogP contribution in [0.3, 0.4) is 0 Å². The monoisotopic (exact) mass is 589 g/mol. The minimum Gasteiger partial charge on any atom is -0.457 e. The van der Waals surface area contributed by atoms with Crippen LogP contribution in [-0.4, -0.2) is 31.9 Å². The number of alkyl halides is 3. The van der Waals surface area contributed by atoms with Crippen LogP contribution in [0.5, 0.6) is 11.5 Å². The predicted molar refractivity (Wildman–Crippen MR) is 151 cm³/mol. The molecular formula is C29H19F4N7O3. The zero-order chi connectivity index (χ0) is 30.1. The molecular weight excluding hydrogens is 570 g/mol. The van der Waals surface area contributed by atoms with Gasteiger partial charge in [0.05, 0.1) is 39.6 Å². The Bertz CT molecular complexity index is 1980. The van der Waals surface area contributed by atoms with Crippen LogP contribution in [0.1, 0.15) is 15.9 Å². The van der Waals surface area contributed by atoms with Gasteiger partial charge in [-0.05, 0) is 72.8 Å². The molecule has 6 aromatic rings. The molecule has 0 bridgehead atoms. The number of fused-ring (bicyclic) bond motifs is 2. The minimum absolute atomic E-state index is 0.248. The van der Waals surface area contributed by atoms with E-state index in [9.17, 15) is 27.2 Å². The van der Waals surface area contributed by atoms with E-state index in [1.165, 1.54) is 12.1 Å². The van der Waals surface area contributed by atoms with Crippen LogP contribution in [0.2, 0.25) is 0 Å². The third kappa shape index (κ3) is 6.07. The van der Waals surface area contributed by atoms with Crippen molar-refractivity contribution in [2.75, 3.05) is 16.0 Å². The fourth-order valence-electron chi connectivity index (χ4n) is 4.19. The van der Waals surface area contributed by atoms with Crippen LogP contribution in [0, 0.1) is 5.82 Å². The van der Waals surface area contributed by atoms with Crippen molar-refractivity contribution in [3.63, 3.8) is 0 Å². The molecule has 2 aromatic heterocycles. The Balaban J connectivity index is 1.08. The first kappa shape index (κ1) is 27.3. The summed E-state index contributed by atoms with van der Waals surface area (Å²) in [5.41, 5.74) is 1.67. The Morgan fingerprint density at radius 3 is 2.35 bits per heavy atom. The topological polar surface area (TPSA) is 137 Å². The van der Waals surface area contributed by atoms with Crippen molar-refractivity contribution in [2.24, 2.45) is 0 Å². The highest BCUT2D eigenvalue weighted by Crippen LogP contribution is 2.32. The Morgan fingerprint density at radius 1 is 0.791 bits per heavy atom. The lowest BCUT2D eigenvalue weighted by atomic mass is 10.2. The maximum absolute atomic E-state index is 13.9. The third-order valence-corrected chi connectivity index (χ3v) is 6.26. The largest absolute Gasteiger partial charge is 0.457 e. The number of aromatic amines is 2. The number of aromatic nitrogens is 4. The second-order valence-corrected chi connectivity index (χ2v) is 9.25. The highest BCUT2D eigenvalue weighted by atomic mass is 19.4. The Morgan fingerprint density at radius 2 is 1.56 bits per heavy atom. The lowest BCUT2D eigenvalue weighted by Gasteiger charge is -2.12. The predicted octanol–water partition coefficient (Wildman–Crippen LogP) is 7.29. The molecule has 2 heterocycles. The Labute approximate surface area is 239 Å². The summed E-state index contributed by atoms with van der Waals surface area (Å²) in [6.07, 6.45) is -3.14. The van der Waals surface area contributed by atoms with Crippen LogP contribution < -0.4 is 20.7 Å². The van der Waals surface area contributed by atoms with Crippen molar-refractivity contribution in [2.45, 2.75) is 6.18 Å². The quantitative estimate of drug-likeness (QED) is 0.130. The molecule has 43 heavy (non-hydrogen) atoms. The number of H-pyrrole nitrogens is 2. The molecule has 0 spiro atoms. The summed E-state index contributed by atoms with van der Waals surface area (Å²) in [5.74, 6) is -0.269. The number of ether oxygens (including phenoxy) is 1. The van der Waals surface area contributed by atoms with Crippen LogP contribution in [0.25, 0.3) is 22.1 Å². The lowest BCUT2D eigenvalue weighted by molar-refractivity contribution is -0.137. The van der Waals surface area contributed by atoms with Crippen molar-refractivity contribution in [3.05, 3.63) is 102 Å². The number of anilines is 3. The fraction of sp³-hybridized carbons (Fsp3) is 0.0345. The molecule has 0 atom stereocenters. The number of rotatable bonds is 6. The number of nitrogens with one attached hydrogen (secondary N) is 5. The van der Waals surface area contributed by atoms with Crippen LogP contribution in [0.15, 0.2) is 85.2 Å². The molecule has 0 saturated heterocycles. The summed E-state index contributed by atoms with van der Waals surface area (Å²) in [4.78, 5) is 39.5. The van der Waals surface area contributed by atoms with Gasteiger partial charge in [0.15, 0.2) is 0 Å². The maximum atomic E-state index is 13.9. The molecule has 5 N–H and O–H groups in total. The molecule has 0 unspecified atom stereocenters. The van der Waals surface area contributed by atoms with E-state index >= 15 is 0 Å². The van der Waals surface area contributed by atoms with Crippen molar-refractivity contribution >= 4 is 51.3 Å². The number of hydrogen-bond donors (Lipinski definition) is 5. The SMILES string of the molecule is O=C(Nc1ccc(Oc2ccc3[nH]c(NC(=O)c4ccc5[nH]cnc5c4)nc3c2)cc1)Nc1cc(C(F)(F)F)ccc1F. The average molecular weight is 590 g/mol. The van der Waals surface area contributed by atoms with Crippen molar-refractivity contribution in [1.29, 1.82) is 0 Å². The molecule has 0 fully saturated rings. The van der Waals surface area contributed by atoms with Gasteiger partial charge in [0.25, 0.3) is 5.91 Å². The number of carbonyl (C=O) groups excluding carboxylic acids is 2. The van der Waals surface area contributed by atoms with Crippen molar-refractivity contribution in [1.82, 2.24) is 19.9 Å². The number of benzene rings is 4. The second-order valence-electron chi connectivity index (χ2n) is 9.25. The molecule has 0 saturated carbocycles. The normalized spacial score (nSPS) is 11.4. The highest BCUT2D eigenvalue weighted by molar-refractivity contribution is 6.05. The maximum Gasteiger partial charge on any atom is 0.416 e. The van der Waals surface area contributed by atoms with E-state index in [1.807, 2.05) is 0 Å². The van der Waals surface area contributed by atoms with Crippen LogP contribution >= 0.6 is 0 Å². The Hall–Kier alpha value is -5.92. The van der Waals surface area contributed by atoms with Gasteiger partial charge in [-0.2, -0.15) is 13.2 Å². The number of carbonyl (C=O) groups is 2. The highest BCUT2D eigenvalue weighted by Gasteiger charge is 2.31. The average Bonchev–Trinajstić information content (AvgIpc) is 3.60. The molecule has 14 heteroatoms. The molecule has 216 valence electrons. The van der Waals surface area contributed by atoms with E-state index in [0.29, 0.717) is 51.8 Å². The first-order chi connectivity index (χ1) is 20.6. The molecule has 0 aliphatic rings. The van der Waals surface area contributed by atoms with E-state index < -0.39 is 29.3 Å². The number of hydrogen-bond acceptors (Lipinski definition) is 5. The molecule has 10 nitrogen and oxygen atoms in total. The molecule has 0 aliphatic heterocycles. The molecule has 0 radical (unpaired) electrons. The third-order valence-electron chi connectivity index (χ3n) is 6.26. The zero-order valence-electron chi connectivity index (χ0n) is 21.7.